The summed E-state index contributed by atoms with van der Waals surface area (Å²) >= 11 is 0. The van der Waals surface area contributed by atoms with Crippen molar-refractivity contribution in [2.24, 2.45) is 10.9 Å². The first-order valence-corrected chi connectivity index (χ1v) is 14.4. The van der Waals surface area contributed by atoms with Gasteiger partial charge in [-0.2, -0.15) is 4.99 Å². The van der Waals surface area contributed by atoms with Gasteiger partial charge in [0, 0.05) is 11.8 Å². The molecule has 2 aliphatic rings. The first kappa shape index (κ1) is 27.6. The molecule has 1 amide bonds. The summed E-state index contributed by atoms with van der Waals surface area (Å²) in [6.45, 7) is 6.61. The van der Waals surface area contributed by atoms with Crippen molar-refractivity contribution in [2.75, 3.05) is 18.2 Å². The van der Waals surface area contributed by atoms with Crippen molar-refractivity contribution in [2.45, 2.75) is 56.9 Å². The van der Waals surface area contributed by atoms with E-state index in [4.69, 9.17) is 9.47 Å². The number of hydrogen-bond acceptors (Lipinski definition) is 10. The number of nitrogens with one attached hydrogen (secondary N) is 2. The van der Waals surface area contributed by atoms with Crippen LogP contribution in [0.3, 0.4) is 0 Å². The first-order chi connectivity index (χ1) is 18.8. The number of carbonyl (C=O) groups excluding carboxylic acids is 1. The largest absolute Gasteiger partial charge is 0.480 e. The van der Waals surface area contributed by atoms with Crippen LogP contribution in [0.25, 0.3) is 11.0 Å². The summed E-state index contributed by atoms with van der Waals surface area (Å²) in [6, 6.07) is 3.07. The molecule has 12 nitrogen and oxygen atoms in total. The third-order valence-corrected chi connectivity index (χ3v) is 8.91. The molecule has 1 saturated heterocycles. The molecule has 4 heterocycles. The Morgan fingerprint density at radius 2 is 1.98 bits per heavy atom. The summed E-state index contributed by atoms with van der Waals surface area (Å²) in [7, 11) is -2.35. The Morgan fingerprint density at radius 1 is 1.23 bits per heavy atom. The van der Waals surface area contributed by atoms with Gasteiger partial charge >= 0.3 is 6.09 Å². The number of fused-ring (bicyclic) bond motifs is 1. The van der Waals surface area contributed by atoms with Gasteiger partial charge in [-0.1, -0.05) is 0 Å². The van der Waals surface area contributed by atoms with Crippen molar-refractivity contribution in [3.05, 3.63) is 42.1 Å². The number of aliphatic imine (C=N–C) groups is 1. The summed E-state index contributed by atoms with van der Waals surface area (Å²) in [5.41, 5.74) is -1.32. The van der Waals surface area contributed by atoms with Gasteiger partial charge in [0.05, 0.1) is 36.3 Å². The average Bonchev–Trinajstić information content (AvgIpc) is 3.67. The summed E-state index contributed by atoms with van der Waals surface area (Å²) in [5.74, 6) is -0.508. The van der Waals surface area contributed by atoms with Gasteiger partial charge in [-0.15, -0.1) is 0 Å². The minimum absolute atomic E-state index is 0.0210. The molecule has 3 aromatic heterocycles. The molecule has 1 saturated carbocycles. The zero-order chi connectivity index (χ0) is 28.9. The first-order valence-electron chi connectivity index (χ1n) is 12.7. The number of rotatable bonds is 5. The Hall–Kier alpha value is -3.94. The summed E-state index contributed by atoms with van der Waals surface area (Å²) in [5, 5.41) is 5.11. The number of methoxy groups -OCH3 is 1. The Labute approximate surface area is 230 Å². The Bertz CT molecular complexity index is 1620. The minimum Gasteiger partial charge on any atom is -0.480 e. The van der Waals surface area contributed by atoms with Gasteiger partial charge in [-0.05, 0) is 58.6 Å². The maximum Gasteiger partial charge on any atom is 0.435 e. The molecule has 1 aliphatic heterocycles. The van der Waals surface area contributed by atoms with Gasteiger partial charge < -0.3 is 20.1 Å². The van der Waals surface area contributed by atoms with Crippen molar-refractivity contribution >= 4 is 44.4 Å². The van der Waals surface area contributed by atoms with Gasteiger partial charge in [0.25, 0.3) is 0 Å². The Kier molecular flexibility index (Phi) is 6.84. The lowest BCUT2D eigenvalue weighted by molar-refractivity contribution is 0.0603. The van der Waals surface area contributed by atoms with E-state index in [2.05, 4.69) is 35.6 Å². The standard InChI is InChI=1S/C26H30FN7O5S/c1-25(2,3)39-24(35)33-23-21(14-6-7-14)40(36,37)13-26(4,34-23)15-10-18(29-11-16(15)27)32-22-20-17(8-9-28-22)31-19(38-5)12-30-20/h8-12,14,21H,6-7,13H2,1-5H3,(H,28,29,32)(H,33,34,35)/t21-,26-/m0/s1. The molecule has 2 atom stereocenters. The van der Waals surface area contributed by atoms with Crippen molar-refractivity contribution in [1.29, 1.82) is 0 Å². The van der Waals surface area contributed by atoms with E-state index in [1.54, 1.807) is 33.8 Å². The number of carbonyl (C=O) groups is 1. The fourth-order valence-electron chi connectivity index (χ4n) is 4.76. The highest BCUT2D eigenvalue weighted by Crippen LogP contribution is 2.42. The fraction of sp³-hybridized carbons (Fsp3) is 0.462. The summed E-state index contributed by atoms with van der Waals surface area (Å²) < 4.78 is 52.8. The van der Waals surface area contributed by atoms with E-state index in [1.807, 2.05) is 0 Å². The Balaban J connectivity index is 1.51. The van der Waals surface area contributed by atoms with Crippen LogP contribution in [0, 0.1) is 11.7 Å². The second kappa shape index (κ2) is 9.91. The number of anilines is 2. The molecule has 1 aliphatic carbocycles. The molecule has 3 aromatic rings. The molecular weight excluding hydrogens is 541 g/mol. The number of amides is 1. The van der Waals surface area contributed by atoms with Crippen LogP contribution in [0.4, 0.5) is 20.8 Å². The van der Waals surface area contributed by atoms with Crippen molar-refractivity contribution < 1.29 is 27.1 Å². The second-order valence-corrected chi connectivity index (χ2v) is 13.2. The molecule has 5 rings (SSSR count). The molecule has 40 heavy (non-hydrogen) atoms. The van der Waals surface area contributed by atoms with Crippen LogP contribution >= 0.6 is 0 Å². The van der Waals surface area contributed by atoms with E-state index >= 15 is 4.39 Å². The predicted molar refractivity (Wildman–Crippen MR) is 146 cm³/mol. The maximum atomic E-state index is 15.3. The number of ether oxygens (including phenoxy) is 2. The van der Waals surface area contributed by atoms with Crippen LogP contribution in [0.1, 0.15) is 46.1 Å². The predicted octanol–water partition coefficient (Wildman–Crippen LogP) is 3.66. The molecule has 0 aromatic carbocycles. The van der Waals surface area contributed by atoms with Crippen LogP contribution in [-0.4, -0.2) is 64.0 Å². The number of pyridine rings is 2. The minimum atomic E-state index is -3.83. The number of sulfone groups is 1. The zero-order valence-corrected chi connectivity index (χ0v) is 23.5. The van der Waals surface area contributed by atoms with Crippen LogP contribution in [-0.2, 0) is 20.1 Å². The molecule has 2 fully saturated rings. The number of nitrogens with zero attached hydrogens (tertiary/aromatic N) is 5. The molecule has 0 spiro atoms. The van der Waals surface area contributed by atoms with Crippen LogP contribution in [0.15, 0.2) is 35.7 Å². The lowest BCUT2D eigenvalue weighted by atomic mass is 9.93. The number of amidine groups is 1. The van der Waals surface area contributed by atoms with Gasteiger partial charge in [0.2, 0.25) is 5.88 Å². The molecule has 212 valence electrons. The van der Waals surface area contributed by atoms with E-state index in [1.165, 1.54) is 25.6 Å². The lowest BCUT2D eigenvalue weighted by Gasteiger charge is -2.40. The lowest BCUT2D eigenvalue weighted by Crippen LogP contribution is -2.61. The average molecular weight is 572 g/mol. The van der Waals surface area contributed by atoms with Gasteiger partial charge in [0.15, 0.2) is 15.7 Å². The van der Waals surface area contributed by atoms with Crippen LogP contribution < -0.4 is 15.4 Å². The van der Waals surface area contributed by atoms with E-state index < -0.39 is 43.9 Å². The van der Waals surface area contributed by atoms with Gasteiger partial charge in [-0.25, -0.2) is 37.5 Å². The molecular formula is C26H30FN7O5S. The van der Waals surface area contributed by atoms with E-state index in [9.17, 15) is 13.2 Å². The highest BCUT2D eigenvalue weighted by molar-refractivity contribution is 7.93. The third-order valence-electron chi connectivity index (χ3n) is 6.55. The van der Waals surface area contributed by atoms with Crippen molar-refractivity contribution in [3.8, 4) is 5.88 Å². The van der Waals surface area contributed by atoms with E-state index in [0.29, 0.717) is 35.6 Å². The van der Waals surface area contributed by atoms with Gasteiger partial charge in [0.1, 0.15) is 33.8 Å². The quantitative estimate of drug-likeness (QED) is 0.460. The fourth-order valence-corrected chi connectivity index (χ4v) is 7.28. The monoisotopic (exact) mass is 571 g/mol. The number of aromatic nitrogens is 4. The SMILES string of the molecule is COc1cnc2c(Nc3cc([C@]4(C)CS(=O)(=O)[C@@H](C5CC5)/C(=N\C(=O)OC(C)(C)C)N4)c(F)cn3)nccc2n1. The smallest absolute Gasteiger partial charge is 0.435 e. The molecule has 0 unspecified atom stereocenters. The van der Waals surface area contributed by atoms with Gasteiger partial charge in [-0.3, -0.25) is 0 Å². The maximum absolute atomic E-state index is 15.3. The normalized spacial score (nSPS) is 23.4. The highest BCUT2D eigenvalue weighted by Gasteiger charge is 2.52. The number of halogens is 1. The Morgan fingerprint density at radius 3 is 2.65 bits per heavy atom. The summed E-state index contributed by atoms with van der Waals surface area (Å²) in [6.07, 6.45) is 4.43. The third kappa shape index (κ3) is 5.67. The van der Waals surface area contributed by atoms with Crippen LogP contribution in [0.5, 0.6) is 5.88 Å². The molecule has 0 radical (unpaired) electrons. The molecule has 2 N–H and O–H groups in total. The van der Waals surface area contributed by atoms with Crippen molar-refractivity contribution in [3.63, 3.8) is 0 Å². The zero-order valence-electron chi connectivity index (χ0n) is 22.7. The van der Waals surface area contributed by atoms with Crippen molar-refractivity contribution in [1.82, 2.24) is 25.3 Å². The van der Waals surface area contributed by atoms with E-state index in [0.717, 1.165) is 6.20 Å². The molecule has 0 bridgehead atoms. The van der Waals surface area contributed by atoms with Crippen LogP contribution in [0.2, 0.25) is 0 Å². The second-order valence-electron chi connectivity index (χ2n) is 11.1. The number of hydrogen-bond donors (Lipinski definition) is 2. The summed E-state index contributed by atoms with van der Waals surface area (Å²) in [4.78, 5) is 33.7. The van der Waals surface area contributed by atoms with E-state index in [-0.39, 0.29) is 23.1 Å². The highest BCUT2D eigenvalue weighted by atomic mass is 32.2. The molecule has 14 heteroatoms. The topological polar surface area (TPSA) is 158 Å².